The second-order valence-corrected chi connectivity index (χ2v) is 4.75. The molecule has 0 saturated carbocycles. The molecule has 1 saturated heterocycles. The van der Waals surface area contributed by atoms with E-state index in [9.17, 15) is 9.59 Å². The molecule has 0 bridgehead atoms. The van der Waals surface area contributed by atoms with Crippen LogP contribution in [0.15, 0.2) is 0 Å². The Bertz CT molecular complexity index is 186. The molecule has 5 heteroatoms. The van der Waals surface area contributed by atoms with Crippen LogP contribution in [-0.4, -0.2) is 33.4 Å². The van der Waals surface area contributed by atoms with Gasteiger partial charge in [-0.15, -0.1) is 11.8 Å². The fourth-order valence-electron chi connectivity index (χ4n) is 1.05. The first-order valence-corrected chi connectivity index (χ1v) is 5.79. The van der Waals surface area contributed by atoms with E-state index in [-0.39, 0.29) is 10.6 Å². The fourth-order valence-corrected chi connectivity index (χ4v) is 3.16. The summed E-state index contributed by atoms with van der Waals surface area (Å²) in [5.74, 6) is 1.08. The standard InChI is InChI=1S/C7H11NO2S2/c1-2-6(10)8-3-4-11-7(8)12-5-9/h5,7H,2-4H2,1H3. The van der Waals surface area contributed by atoms with Crippen molar-refractivity contribution in [2.75, 3.05) is 12.3 Å². The molecule has 0 radical (unpaired) electrons. The highest BCUT2D eigenvalue weighted by molar-refractivity contribution is 8.23. The molecule has 1 unspecified atom stereocenters. The summed E-state index contributed by atoms with van der Waals surface area (Å²) >= 11 is 2.83. The second kappa shape index (κ2) is 4.77. The van der Waals surface area contributed by atoms with Crippen molar-refractivity contribution in [3.63, 3.8) is 0 Å². The minimum absolute atomic E-state index is 0.0231. The molecule has 1 atom stereocenters. The highest BCUT2D eigenvalue weighted by atomic mass is 32.2. The van der Waals surface area contributed by atoms with Gasteiger partial charge in [0.25, 0.3) is 0 Å². The predicted molar refractivity (Wildman–Crippen MR) is 52.6 cm³/mol. The summed E-state index contributed by atoms with van der Waals surface area (Å²) in [7, 11) is 0. The maximum absolute atomic E-state index is 11.3. The Hall–Kier alpha value is -0.160. The van der Waals surface area contributed by atoms with Gasteiger partial charge in [0.2, 0.25) is 5.91 Å². The molecule has 1 aliphatic heterocycles. The molecule has 0 aliphatic carbocycles. The number of carbonyl (C=O) groups excluding carboxylic acids is 2. The van der Waals surface area contributed by atoms with E-state index in [0.29, 0.717) is 6.42 Å². The Kier molecular flexibility index (Phi) is 3.94. The summed E-state index contributed by atoms with van der Waals surface area (Å²) in [4.78, 5) is 23.3. The maximum Gasteiger partial charge on any atom is 0.223 e. The van der Waals surface area contributed by atoms with E-state index in [1.807, 2.05) is 6.92 Å². The lowest BCUT2D eigenvalue weighted by Gasteiger charge is -2.20. The summed E-state index contributed by atoms with van der Waals surface area (Å²) in [5.41, 5.74) is 0.804. The molecule has 1 amide bonds. The topological polar surface area (TPSA) is 37.4 Å². The number of hydrogen-bond acceptors (Lipinski definition) is 4. The Balaban J connectivity index is 2.50. The van der Waals surface area contributed by atoms with Crippen LogP contribution in [0.1, 0.15) is 13.3 Å². The monoisotopic (exact) mass is 205 g/mol. The molecule has 1 fully saturated rings. The van der Waals surface area contributed by atoms with Crippen molar-refractivity contribution in [2.24, 2.45) is 0 Å². The lowest BCUT2D eigenvalue weighted by Crippen LogP contribution is -2.32. The summed E-state index contributed by atoms with van der Waals surface area (Å²) in [5, 5.41) is 0. The van der Waals surface area contributed by atoms with E-state index in [2.05, 4.69) is 0 Å². The third kappa shape index (κ3) is 2.17. The van der Waals surface area contributed by atoms with Gasteiger partial charge in [-0.2, -0.15) is 0 Å². The normalized spacial score (nSPS) is 22.8. The quantitative estimate of drug-likeness (QED) is 0.648. The fraction of sp³-hybridized carbons (Fsp3) is 0.714. The molecule has 0 aromatic rings. The van der Waals surface area contributed by atoms with E-state index in [0.717, 1.165) is 17.9 Å². The molecule has 0 aromatic heterocycles. The van der Waals surface area contributed by atoms with Gasteiger partial charge in [-0.3, -0.25) is 9.59 Å². The molecular weight excluding hydrogens is 194 g/mol. The van der Waals surface area contributed by atoms with Crippen LogP contribution in [-0.2, 0) is 9.59 Å². The Morgan fingerprint density at radius 2 is 2.58 bits per heavy atom. The number of hydrogen-bond donors (Lipinski definition) is 0. The minimum Gasteiger partial charge on any atom is -0.320 e. The zero-order valence-electron chi connectivity index (χ0n) is 6.86. The number of amides is 1. The van der Waals surface area contributed by atoms with E-state index in [1.54, 1.807) is 16.7 Å². The first-order valence-electron chi connectivity index (χ1n) is 3.79. The first kappa shape index (κ1) is 9.92. The van der Waals surface area contributed by atoms with Crippen LogP contribution in [0.5, 0.6) is 0 Å². The third-order valence-corrected chi connectivity index (χ3v) is 3.94. The molecule has 12 heavy (non-hydrogen) atoms. The van der Waals surface area contributed by atoms with Crippen molar-refractivity contribution >= 4 is 35.0 Å². The molecule has 0 aromatic carbocycles. The highest BCUT2D eigenvalue weighted by Gasteiger charge is 2.28. The molecule has 1 aliphatic rings. The van der Waals surface area contributed by atoms with Gasteiger partial charge in [0.15, 0.2) is 5.62 Å². The van der Waals surface area contributed by atoms with Crippen molar-refractivity contribution < 1.29 is 9.59 Å². The van der Waals surface area contributed by atoms with Gasteiger partial charge < -0.3 is 4.90 Å². The largest absolute Gasteiger partial charge is 0.320 e. The summed E-state index contributed by atoms with van der Waals surface area (Å²) < 4.78 is 0.0231. The summed E-state index contributed by atoms with van der Waals surface area (Å²) in [6.07, 6.45) is 0.524. The zero-order valence-corrected chi connectivity index (χ0v) is 8.49. The van der Waals surface area contributed by atoms with Crippen LogP contribution in [0.2, 0.25) is 0 Å². The van der Waals surface area contributed by atoms with Gasteiger partial charge >= 0.3 is 0 Å². The van der Waals surface area contributed by atoms with Gasteiger partial charge in [0.1, 0.15) is 4.71 Å². The van der Waals surface area contributed by atoms with Crippen molar-refractivity contribution in [2.45, 2.75) is 18.1 Å². The summed E-state index contributed by atoms with van der Waals surface area (Å²) in [6.45, 7) is 2.62. The maximum atomic E-state index is 11.3. The molecule has 68 valence electrons. The van der Waals surface area contributed by atoms with Crippen LogP contribution in [0, 0.1) is 0 Å². The van der Waals surface area contributed by atoms with E-state index in [1.165, 1.54) is 11.8 Å². The van der Waals surface area contributed by atoms with E-state index in [4.69, 9.17) is 0 Å². The van der Waals surface area contributed by atoms with Crippen LogP contribution in [0.3, 0.4) is 0 Å². The average molecular weight is 205 g/mol. The van der Waals surface area contributed by atoms with Crippen molar-refractivity contribution in [3.05, 3.63) is 0 Å². The Labute approximate surface area is 80.3 Å². The third-order valence-electron chi connectivity index (χ3n) is 1.64. The van der Waals surface area contributed by atoms with Gasteiger partial charge in [0, 0.05) is 18.7 Å². The van der Waals surface area contributed by atoms with Crippen LogP contribution in [0.4, 0.5) is 0 Å². The van der Waals surface area contributed by atoms with Crippen LogP contribution in [0.25, 0.3) is 0 Å². The van der Waals surface area contributed by atoms with E-state index < -0.39 is 0 Å². The average Bonchev–Trinajstić information content (AvgIpc) is 2.52. The van der Waals surface area contributed by atoms with Crippen LogP contribution >= 0.6 is 23.5 Å². The zero-order chi connectivity index (χ0) is 8.97. The lowest BCUT2D eigenvalue weighted by molar-refractivity contribution is -0.129. The lowest BCUT2D eigenvalue weighted by atomic mass is 10.4. The molecule has 0 N–H and O–H groups in total. The smallest absolute Gasteiger partial charge is 0.223 e. The SMILES string of the molecule is CCC(=O)N1CCSC1SC=O. The summed E-state index contributed by atoms with van der Waals surface area (Å²) in [6, 6.07) is 0. The molecule has 0 spiro atoms. The Morgan fingerprint density at radius 1 is 1.83 bits per heavy atom. The first-order chi connectivity index (χ1) is 5.79. The van der Waals surface area contributed by atoms with Crippen LogP contribution < -0.4 is 0 Å². The molecule has 3 nitrogen and oxygen atoms in total. The van der Waals surface area contributed by atoms with Gasteiger partial charge in [-0.25, -0.2) is 0 Å². The number of rotatable bonds is 3. The number of thioether (sulfide) groups is 2. The predicted octanol–water partition coefficient (Wildman–Crippen LogP) is 1.18. The van der Waals surface area contributed by atoms with Crippen molar-refractivity contribution in [1.29, 1.82) is 0 Å². The van der Waals surface area contributed by atoms with Gasteiger partial charge in [0.05, 0.1) is 0 Å². The second-order valence-electron chi connectivity index (χ2n) is 2.35. The number of nitrogens with zero attached hydrogens (tertiary/aromatic N) is 1. The molecular formula is C7H11NO2S2. The molecule has 1 rings (SSSR count). The Morgan fingerprint density at radius 3 is 3.17 bits per heavy atom. The van der Waals surface area contributed by atoms with Gasteiger partial charge in [-0.05, 0) is 0 Å². The highest BCUT2D eigenvalue weighted by Crippen LogP contribution is 2.31. The minimum atomic E-state index is 0.0231. The molecule has 1 heterocycles. The van der Waals surface area contributed by atoms with E-state index >= 15 is 0 Å². The van der Waals surface area contributed by atoms with Crippen molar-refractivity contribution in [1.82, 2.24) is 4.90 Å². The van der Waals surface area contributed by atoms with Crippen molar-refractivity contribution in [3.8, 4) is 0 Å². The number of carbonyl (C=O) groups is 2. The van der Waals surface area contributed by atoms with Gasteiger partial charge in [-0.1, -0.05) is 18.7 Å².